The quantitative estimate of drug-likeness (QED) is 0.854. The first-order valence-corrected chi connectivity index (χ1v) is 8.55. The molecule has 0 radical (unpaired) electrons. The van der Waals surface area contributed by atoms with Gasteiger partial charge in [0.05, 0.1) is 18.8 Å². The molecule has 2 aliphatic rings. The van der Waals surface area contributed by atoms with Crippen LogP contribution in [0.5, 0.6) is 0 Å². The molecule has 1 amide bonds. The zero-order chi connectivity index (χ0) is 16.4. The number of fused-ring (bicyclic) bond motifs is 1. The van der Waals surface area contributed by atoms with E-state index in [0.29, 0.717) is 19.0 Å². The molecule has 2 atom stereocenters. The van der Waals surface area contributed by atoms with Gasteiger partial charge >= 0.3 is 0 Å². The Morgan fingerprint density at radius 2 is 2.04 bits per heavy atom. The lowest BCUT2D eigenvalue weighted by Crippen LogP contribution is -2.55. The maximum absolute atomic E-state index is 12.7. The fourth-order valence-corrected chi connectivity index (χ4v) is 3.63. The van der Waals surface area contributed by atoms with Gasteiger partial charge in [-0.05, 0) is 18.1 Å². The Labute approximate surface area is 140 Å². The predicted molar refractivity (Wildman–Crippen MR) is 87.0 cm³/mol. The van der Waals surface area contributed by atoms with E-state index < -0.39 is 0 Å². The van der Waals surface area contributed by atoms with E-state index in [-0.39, 0.29) is 24.6 Å². The maximum Gasteiger partial charge on any atom is 0.246 e. The van der Waals surface area contributed by atoms with Crippen molar-refractivity contribution in [2.24, 2.45) is 0 Å². The van der Waals surface area contributed by atoms with Crippen LogP contribution in [0.2, 0.25) is 0 Å². The molecule has 1 aromatic carbocycles. The van der Waals surface area contributed by atoms with Crippen molar-refractivity contribution >= 4 is 5.91 Å². The van der Waals surface area contributed by atoms with Crippen LogP contribution in [0.15, 0.2) is 30.3 Å². The number of nitrogens with zero attached hydrogens (tertiary/aromatic N) is 5. The molecule has 2 fully saturated rings. The molecular weight excluding hydrogens is 306 g/mol. The lowest BCUT2D eigenvalue weighted by molar-refractivity contribution is -0.150. The minimum atomic E-state index is 0.0483. The van der Waals surface area contributed by atoms with Crippen LogP contribution in [0, 0.1) is 0 Å². The summed E-state index contributed by atoms with van der Waals surface area (Å²) in [7, 11) is 0. The van der Waals surface area contributed by atoms with Crippen LogP contribution < -0.4 is 0 Å². The Balaban J connectivity index is 1.45. The van der Waals surface area contributed by atoms with Crippen molar-refractivity contribution in [2.75, 3.05) is 13.2 Å². The molecule has 4 rings (SSSR count). The van der Waals surface area contributed by atoms with E-state index >= 15 is 0 Å². The Kier molecular flexibility index (Phi) is 4.25. The summed E-state index contributed by atoms with van der Waals surface area (Å²) in [6, 6.07) is 9.86. The topological polar surface area (TPSA) is 73.1 Å². The summed E-state index contributed by atoms with van der Waals surface area (Å²) in [5, 5.41) is 12.4. The van der Waals surface area contributed by atoms with Crippen LogP contribution in [0.4, 0.5) is 0 Å². The summed E-state index contributed by atoms with van der Waals surface area (Å²) in [5.41, 5.74) is 0.898. The number of carbonyl (C=O) groups is 1. The maximum atomic E-state index is 12.7. The first-order valence-electron chi connectivity index (χ1n) is 8.55. The van der Waals surface area contributed by atoms with E-state index in [1.54, 1.807) is 0 Å². The standard InChI is InChI=1S/C17H21N5O2/c23-16(21-10-11-24-15-9-5-4-8-14(15)21)12-22-19-17(18-20-22)13-6-2-1-3-7-13/h1-3,6-7,14-15H,4-5,8-12H2. The van der Waals surface area contributed by atoms with Crippen molar-refractivity contribution in [1.82, 2.24) is 25.1 Å². The van der Waals surface area contributed by atoms with Crippen molar-refractivity contribution in [2.45, 2.75) is 44.4 Å². The first kappa shape index (κ1) is 15.3. The lowest BCUT2D eigenvalue weighted by atomic mass is 9.90. The lowest BCUT2D eigenvalue weighted by Gasteiger charge is -2.43. The zero-order valence-corrected chi connectivity index (χ0v) is 13.5. The average Bonchev–Trinajstić information content (AvgIpc) is 3.10. The van der Waals surface area contributed by atoms with E-state index in [9.17, 15) is 4.79 Å². The smallest absolute Gasteiger partial charge is 0.246 e. The molecule has 2 heterocycles. The highest BCUT2D eigenvalue weighted by molar-refractivity contribution is 5.76. The highest BCUT2D eigenvalue weighted by Crippen LogP contribution is 2.28. The third-order valence-electron chi connectivity index (χ3n) is 4.81. The molecule has 0 bridgehead atoms. The van der Waals surface area contributed by atoms with Crippen LogP contribution in [0.3, 0.4) is 0 Å². The summed E-state index contributed by atoms with van der Waals surface area (Å²) in [6.45, 7) is 1.40. The van der Waals surface area contributed by atoms with Crippen LogP contribution >= 0.6 is 0 Å². The minimum absolute atomic E-state index is 0.0483. The second-order valence-corrected chi connectivity index (χ2v) is 6.36. The van der Waals surface area contributed by atoms with Crippen LogP contribution in [0.25, 0.3) is 11.4 Å². The zero-order valence-electron chi connectivity index (χ0n) is 13.5. The van der Waals surface area contributed by atoms with Gasteiger partial charge in [-0.2, -0.15) is 4.80 Å². The summed E-state index contributed by atoms with van der Waals surface area (Å²) < 4.78 is 5.83. The number of carbonyl (C=O) groups excluding carboxylic acids is 1. The predicted octanol–water partition coefficient (Wildman–Crippen LogP) is 1.51. The Morgan fingerprint density at radius 1 is 1.21 bits per heavy atom. The summed E-state index contributed by atoms with van der Waals surface area (Å²) in [4.78, 5) is 16.1. The van der Waals surface area contributed by atoms with Gasteiger partial charge in [-0.1, -0.05) is 43.2 Å². The van der Waals surface area contributed by atoms with Crippen molar-refractivity contribution in [1.29, 1.82) is 0 Å². The average molecular weight is 327 g/mol. The molecule has 24 heavy (non-hydrogen) atoms. The molecular formula is C17H21N5O2. The van der Waals surface area contributed by atoms with Gasteiger partial charge in [0.25, 0.3) is 0 Å². The number of morpholine rings is 1. The summed E-state index contributed by atoms with van der Waals surface area (Å²) in [6.07, 6.45) is 4.62. The largest absolute Gasteiger partial charge is 0.374 e. The normalized spacial score (nSPS) is 23.8. The first-order chi connectivity index (χ1) is 11.8. The second-order valence-electron chi connectivity index (χ2n) is 6.36. The van der Waals surface area contributed by atoms with E-state index in [2.05, 4.69) is 15.4 Å². The summed E-state index contributed by atoms with van der Waals surface area (Å²) >= 11 is 0. The highest BCUT2D eigenvalue weighted by atomic mass is 16.5. The Hall–Kier alpha value is -2.28. The third-order valence-corrected chi connectivity index (χ3v) is 4.81. The molecule has 7 nitrogen and oxygen atoms in total. The van der Waals surface area contributed by atoms with Gasteiger partial charge in [0.2, 0.25) is 11.7 Å². The van der Waals surface area contributed by atoms with Gasteiger partial charge in [0.15, 0.2) is 0 Å². The number of amides is 1. The van der Waals surface area contributed by atoms with Crippen molar-refractivity contribution in [3.05, 3.63) is 30.3 Å². The highest BCUT2D eigenvalue weighted by Gasteiger charge is 2.36. The third kappa shape index (κ3) is 3.03. The molecule has 2 aromatic rings. The second kappa shape index (κ2) is 6.68. The molecule has 0 N–H and O–H groups in total. The van der Waals surface area contributed by atoms with E-state index in [1.807, 2.05) is 35.2 Å². The van der Waals surface area contributed by atoms with E-state index in [0.717, 1.165) is 24.8 Å². The monoisotopic (exact) mass is 327 g/mol. The van der Waals surface area contributed by atoms with Gasteiger partial charge in [-0.25, -0.2) is 0 Å². The number of benzene rings is 1. The van der Waals surface area contributed by atoms with Gasteiger partial charge in [-0.15, -0.1) is 10.2 Å². The van der Waals surface area contributed by atoms with Crippen LogP contribution in [-0.4, -0.2) is 56.3 Å². The fraction of sp³-hybridized carbons (Fsp3) is 0.529. The molecule has 1 aliphatic carbocycles. The van der Waals surface area contributed by atoms with Gasteiger partial charge < -0.3 is 9.64 Å². The number of aromatic nitrogens is 4. The van der Waals surface area contributed by atoms with Gasteiger partial charge in [0, 0.05) is 12.1 Å². The van der Waals surface area contributed by atoms with E-state index in [4.69, 9.17) is 4.74 Å². The molecule has 1 saturated heterocycles. The molecule has 7 heteroatoms. The van der Waals surface area contributed by atoms with Crippen molar-refractivity contribution in [3.8, 4) is 11.4 Å². The van der Waals surface area contributed by atoms with Crippen molar-refractivity contribution < 1.29 is 9.53 Å². The minimum Gasteiger partial charge on any atom is -0.374 e. The number of tetrazole rings is 1. The molecule has 126 valence electrons. The van der Waals surface area contributed by atoms with Crippen LogP contribution in [0.1, 0.15) is 25.7 Å². The number of hydrogen-bond donors (Lipinski definition) is 0. The van der Waals surface area contributed by atoms with Gasteiger partial charge in [-0.3, -0.25) is 4.79 Å². The Morgan fingerprint density at radius 3 is 2.92 bits per heavy atom. The molecule has 1 saturated carbocycles. The SMILES string of the molecule is O=C(Cn1nnc(-c2ccccc2)n1)N1CCOC2CCCCC21. The van der Waals surface area contributed by atoms with Crippen molar-refractivity contribution in [3.63, 3.8) is 0 Å². The number of ether oxygens (including phenoxy) is 1. The summed E-state index contributed by atoms with van der Waals surface area (Å²) in [5.74, 6) is 0.591. The van der Waals surface area contributed by atoms with Gasteiger partial charge in [0.1, 0.15) is 6.54 Å². The van der Waals surface area contributed by atoms with E-state index in [1.165, 1.54) is 11.2 Å². The Bertz CT molecular complexity index is 700. The molecule has 1 aliphatic heterocycles. The van der Waals surface area contributed by atoms with Crippen LogP contribution in [-0.2, 0) is 16.1 Å². The molecule has 2 unspecified atom stereocenters. The number of hydrogen-bond acceptors (Lipinski definition) is 5. The number of rotatable bonds is 3. The fourth-order valence-electron chi connectivity index (χ4n) is 3.63. The molecule has 0 spiro atoms. The molecule has 1 aromatic heterocycles.